The fourth-order valence-electron chi connectivity index (χ4n) is 2.27. The first kappa shape index (κ1) is 21.3. The fraction of sp³-hybridized carbons (Fsp3) is 0.176. The highest BCUT2D eigenvalue weighted by molar-refractivity contribution is 7.99. The molecule has 0 bridgehead atoms. The molecule has 0 saturated carbocycles. The Kier molecular flexibility index (Phi) is 6.46. The number of benzene rings is 2. The Balaban J connectivity index is 1.71. The summed E-state index contributed by atoms with van der Waals surface area (Å²) >= 11 is 19.0. The molecule has 6 nitrogen and oxygen atoms in total. The molecule has 0 aliphatic rings. The molecule has 1 N–H and O–H groups in total. The van der Waals surface area contributed by atoms with Gasteiger partial charge in [0.2, 0.25) is 5.91 Å². The highest BCUT2D eigenvalue weighted by atomic mass is 35.5. The maximum Gasteiger partial charge on any atom is 0.257 e. The van der Waals surface area contributed by atoms with E-state index >= 15 is 0 Å². The fourth-order valence-corrected chi connectivity index (χ4v) is 4.72. The molecule has 0 atom stereocenters. The number of fused-ring (bicyclic) bond motifs is 1. The van der Waals surface area contributed by atoms with Crippen molar-refractivity contribution in [1.29, 1.82) is 0 Å². The molecule has 0 spiro atoms. The summed E-state index contributed by atoms with van der Waals surface area (Å²) in [6.07, 6.45) is 0. The van der Waals surface area contributed by atoms with Gasteiger partial charge in [-0.1, -0.05) is 53.5 Å². The van der Waals surface area contributed by atoms with Crippen molar-refractivity contribution in [2.24, 2.45) is 0 Å². The van der Waals surface area contributed by atoms with Crippen LogP contribution in [0.25, 0.3) is 11.1 Å². The largest absolute Gasteiger partial charge is 0.431 e. The second-order valence-corrected chi connectivity index (χ2v) is 10.0. The van der Waals surface area contributed by atoms with Crippen LogP contribution in [0.4, 0.5) is 5.69 Å². The monoisotopic (exact) mass is 478 g/mol. The summed E-state index contributed by atoms with van der Waals surface area (Å²) in [6, 6.07) is 7.41. The van der Waals surface area contributed by atoms with Crippen molar-refractivity contribution in [1.82, 2.24) is 4.98 Å². The highest BCUT2D eigenvalue weighted by Crippen LogP contribution is 2.34. The quantitative estimate of drug-likeness (QED) is 0.482. The average molecular weight is 480 g/mol. The molecular formula is C17H13Cl3N2O4S2. The molecule has 0 saturated heterocycles. The molecule has 1 heterocycles. The van der Waals surface area contributed by atoms with Crippen molar-refractivity contribution in [2.45, 2.75) is 17.0 Å². The molecule has 3 aromatic rings. The van der Waals surface area contributed by atoms with Gasteiger partial charge < -0.3 is 9.73 Å². The van der Waals surface area contributed by atoms with Gasteiger partial charge in [-0.15, -0.1) is 0 Å². The molecular weight excluding hydrogens is 467 g/mol. The summed E-state index contributed by atoms with van der Waals surface area (Å²) in [5, 5.41) is 3.66. The number of rotatable bonds is 6. The third-order valence-corrected chi connectivity index (χ3v) is 7.05. The van der Waals surface area contributed by atoms with Gasteiger partial charge in [0.05, 0.1) is 32.1 Å². The number of amides is 1. The number of hydrogen-bond donors (Lipinski definition) is 1. The Morgan fingerprint density at radius 1 is 1.18 bits per heavy atom. The molecule has 0 aliphatic carbocycles. The molecule has 0 aliphatic heterocycles. The van der Waals surface area contributed by atoms with Crippen LogP contribution in [-0.4, -0.2) is 30.8 Å². The lowest BCUT2D eigenvalue weighted by molar-refractivity contribution is -0.113. The number of halogens is 3. The summed E-state index contributed by atoms with van der Waals surface area (Å²) in [7, 11) is -3.34. The number of oxazole rings is 1. The molecule has 1 aromatic heterocycles. The van der Waals surface area contributed by atoms with Crippen LogP contribution >= 0.6 is 46.6 Å². The SMILES string of the molecule is CCS(=O)(=O)c1ccc2oc(SCC(=O)Nc3c(Cl)cc(Cl)cc3Cl)nc2c1. The maximum absolute atomic E-state index is 12.2. The van der Waals surface area contributed by atoms with Crippen molar-refractivity contribution in [3.63, 3.8) is 0 Å². The van der Waals surface area contributed by atoms with Crippen LogP contribution in [0.5, 0.6) is 0 Å². The molecule has 2 aromatic carbocycles. The number of hydrogen-bond acceptors (Lipinski definition) is 6. The van der Waals surface area contributed by atoms with E-state index in [0.717, 1.165) is 11.8 Å². The standard InChI is InChI=1S/C17H13Cl3N2O4S2/c1-2-28(24,25)10-3-4-14-13(7-10)21-17(26-14)27-8-15(23)22-16-11(19)5-9(18)6-12(16)20/h3-7H,2,8H2,1H3,(H,22,23). The Morgan fingerprint density at radius 2 is 1.86 bits per heavy atom. The van der Waals surface area contributed by atoms with E-state index in [-0.39, 0.29) is 43.3 Å². The Bertz CT molecular complexity index is 1140. The van der Waals surface area contributed by atoms with Crippen LogP contribution in [0, 0.1) is 0 Å². The van der Waals surface area contributed by atoms with Crippen LogP contribution in [0.3, 0.4) is 0 Å². The van der Waals surface area contributed by atoms with Gasteiger partial charge >= 0.3 is 0 Å². The van der Waals surface area contributed by atoms with E-state index in [1.807, 2.05) is 0 Å². The molecule has 0 unspecified atom stereocenters. The number of aromatic nitrogens is 1. The molecule has 0 fully saturated rings. The van der Waals surface area contributed by atoms with Gasteiger partial charge in [0, 0.05) is 5.02 Å². The summed E-state index contributed by atoms with van der Waals surface area (Å²) < 4.78 is 29.5. The predicted octanol–water partition coefficient (Wildman–Crippen LogP) is 5.31. The second kappa shape index (κ2) is 8.51. The minimum atomic E-state index is -3.34. The second-order valence-electron chi connectivity index (χ2n) is 5.59. The van der Waals surface area contributed by atoms with Gasteiger partial charge in [0.25, 0.3) is 5.22 Å². The van der Waals surface area contributed by atoms with Gasteiger partial charge in [-0.3, -0.25) is 4.79 Å². The predicted molar refractivity (Wildman–Crippen MR) is 113 cm³/mol. The van der Waals surface area contributed by atoms with Gasteiger partial charge in [-0.2, -0.15) is 0 Å². The van der Waals surface area contributed by atoms with E-state index in [4.69, 9.17) is 39.2 Å². The van der Waals surface area contributed by atoms with E-state index in [1.54, 1.807) is 13.0 Å². The zero-order valence-electron chi connectivity index (χ0n) is 14.3. The number of nitrogens with zero attached hydrogens (tertiary/aromatic N) is 1. The van der Waals surface area contributed by atoms with Gasteiger partial charge in [0.15, 0.2) is 15.4 Å². The minimum absolute atomic E-state index is 0.00600. The van der Waals surface area contributed by atoms with Crippen molar-refractivity contribution < 1.29 is 17.6 Å². The Hall–Kier alpha value is -1.45. The zero-order valence-corrected chi connectivity index (χ0v) is 18.2. The normalized spacial score (nSPS) is 11.7. The highest BCUT2D eigenvalue weighted by Gasteiger charge is 2.16. The third kappa shape index (κ3) is 4.75. The number of sulfone groups is 1. The van der Waals surface area contributed by atoms with E-state index in [2.05, 4.69) is 10.3 Å². The van der Waals surface area contributed by atoms with Crippen LogP contribution in [0.1, 0.15) is 6.92 Å². The number of nitrogens with one attached hydrogen (secondary N) is 1. The first-order chi connectivity index (χ1) is 13.2. The van der Waals surface area contributed by atoms with Crippen LogP contribution < -0.4 is 5.32 Å². The molecule has 0 radical (unpaired) electrons. The number of thioether (sulfide) groups is 1. The van der Waals surface area contributed by atoms with Gasteiger partial charge in [-0.05, 0) is 30.3 Å². The maximum atomic E-state index is 12.2. The summed E-state index contributed by atoms with van der Waals surface area (Å²) in [5.74, 6) is -0.386. The van der Waals surface area contributed by atoms with E-state index in [0.29, 0.717) is 16.1 Å². The van der Waals surface area contributed by atoms with Crippen LogP contribution in [0.2, 0.25) is 15.1 Å². The molecule has 3 rings (SSSR count). The zero-order chi connectivity index (χ0) is 20.5. The van der Waals surface area contributed by atoms with E-state index < -0.39 is 9.84 Å². The molecule has 1 amide bonds. The minimum Gasteiger partial charge on any atom is -0.431 e. The lowest BCUT2D eigenvalue weighted by Gasteiger charge is -2.09. The third-order valence-electron chi connectivity index (χ3n) is 3.68. The first-order valence-corrected chi connectivity index (χ1v) is 11.7. The Morgan fingerprint density at radius 3 is 2.50 bits per heavy atom. The van der Waals surface area contributed by atoms with Crippen molar-refractivity contribution in [2.75, 3.05) is 16.8 Å². The van der Waals surface area contributed by atoms with Crippen molar-refractivity contribution in [3.05, 3.63) is 45.4 Å². The topological polar surface area (TPSA) is 89.3 Å². The average Bonchev–Trinajstić information content (AvgIpc) is 3.05. The first-order valence-electron chi connectivity index (χ1n) is 7.90. The molecule has 11 heteroatoms. The summed E-state index contributed by atoms with van der Waals surface area (Å²) in [6.45, 7) is 1.57. The van der Waals surface area contributed by atoms with Crippen molar-refractivity contribution in [3.8, 4) is 0 Å². The van der Waals surface area contributed by atoms with Gasteiger partial charge in [0.1, 0.15) is 5.52 Å². The van der Waals surface area contributed by atoms with E-state index in [9.17, 15) is 13.2 Å². The van der Waals surface area contributed by atoms with E-state index in [1.165, 1.54) is 24.3 Å². The molecule has 28 heavy (non-hydrogen) atoms. The van der Waals surface area contributed by atoms with Crippen LogP contribution in [0.15, 0.2) is 44.9 Å². The number of carbonyl (C=O) groups is 1. The molecule has 148 valence electrons. The smallest absolute Gasteiger partial charge is 0.257 e. The lowest BCUT2D eigenvalue weighted by atomic mass is 10.3. The van der Waals surface area contributed by atoms with Crippen LogP contribution in [-0.2, 0) is 14.6 Å². The number of carbonyl (C=O) groups excluding carboxylic acids is 1. The summed E-state index contributed by atoms with van der Waals surface area (Å²) in [4.78, 5) is 16.6. The van der Waals surface area contributed by atoms with Gasteiger partial charge in [-0.25, -0.2) is 13.4 Å². The summed E-state index contributed by atoms with van der Waals surface area (Å²) in [5.41, 5.74) is 1.10. The van der Waals surface area contributed by atoms with Crippen molar-refractivity contribution >= 4 is 79.1 Å². The number of anilines is 1. The lowest BCUT2D eigenvalue weighted by Crippen LogP contribution is -2.14. The Labute approximate surface area is 180 Å².